The van der Waals surface area contributed by atoms with Gasteiger partial charge in [-0.15, -0.1) is 23.1 Å². The molecule has 6 heteroatoms. The number of rotatable bonds is 5. The van der Waals surface area contributed by atoms with E-state index >= 15 is 0 Å². The van der Waals surface area contributed by atoms with Crippen molar-refractivity contribution < 1.29 is 14.3 Å². The molecule has 1 aromatic heterocycles. The summed E-state index contributed by atoms with van der Waals surface area (Å²) in [5, 5.41) is 4.98. The first-order valence-electron chi connectivity index (χ1n) is 6.35. The van der Waals surface area contributed by atoms with Crippen LogP contribution in [0.3, 0.4) is 0 Å². The Morgan fingerprint density at radius 3 is 2.57 bits per heavy atom. The molecule has 1 heterocycles. The van der Waals surface area contributed by atoms with Crippen molar-refractivity contribution in [3.8, 4) is 0 Å². The van der Waals surface area contributed by atoms with Crippen molar-refractivity contribution in [2.45, 2.75) is 11.8 Å². The molecule has 21 heavy (non-hydrogen) atoms. The predicted octanol–water partition coefficient (Wildman–Crippen LogP) is 3.90. The highest BCUT2D eigenvalue weighted by Gasteiger charge is 2.16. The van der Waals surface area contributed by atoms with Gasteiger partial charge in [-0.2, -0.15) is 0 Å². The van der Waals surface area contributed by atoms with Gasteiger partial charge in [0.2, 0.25) is 0 Å². The number of ether oxygens (including phenoxy) is 1. The molecule has 0 atom stereocenters. The normalized spacial score (nSPS) is 10.2. The average molecular weight is 321 g/mol. The Labute approximate surface area is 131 Å². The third-order valence-corrected chi connectivity index (χ3v) is 4.45. The monoisotopic (exact) mass is 321 g/mol. The van der Waals surface area contributed by atoms with E-state index in [1.54, 1.807) is 35.3 Å². The minimum Gasteiger partial charge on any atom is -0.465 e. The zero-order valence-electron chi connectivity index (χ0n) is 11.7. The van der Waals surface area contributed by atoms with Gasteiger partial charge in [0.1, 0.15) is 5.00 Å². The molecular weight excluding hydrogens is 306 g/mol. The molecule has 1 amide bonds. The van der Waals surface area contributed by atoms with Crippen LogP contribution in [0.25, 0.3) is 0 Å². The number of nitrogens with one attached hydrogen (secondary N) is 1. The molecule has 0 saturated heterocycles. The van der Waals surface area contributed by atoms with Crippen LogP contribution in [0.15, 0.2) is 40.6 Å². The standard InChI is InChI=1S/C15H15NO3S2/c1-3-20-11-6-4-10(5-7-11)13(17)16-14-12(8-9-21-14)15(18)19-2/h4-9H,3H2,1-2H3,(H,16,17). The molecular formula is C15H15NO3S2. The average Bonchev–Trinajstić information content (AvgIpc) is 2.95. The molecule has 0 aliphatic rings. The van der Waals surface area contributed by atoms with Crippen LogP contribution in [0.1, 0.15) is 27.6 Å². The van der Waals surface area contributed by atoms with Crippen molar-refractivity contribution in [2.24, 2.45) is 0 Å². The number of carbonyl (C=O) groups excluding carboxylic acids is 2. The summed E-state index contributed by atoms with van der Waals surface area (Å²) in [6.07, 6.45) is 0. The van der Waals surface area contributed by atoms with Crippen molar-refractivity contribution in [3.05, 3.63) is 46.8 Å². The maximum atomic E-state index is 12.2. The Hall–Kier alpha value is -1.79. The number of amides is 1. The topological polar surface area (TPSA) is 55.4 Å². The zero-order valence-corrected chi connectivity index (χ0v) is 13.3. The van der Waals surface area contributed by atoms with E-state index in [-0.39, 0.29) is 5.91 Å². The quantitative estimate of drug-likeness (QED) is 0.670. The summed E-state index contributed by atoms with van der Waals surface area (Å²) in [7, 11) is 1.32. The first-order valence-corrected chi connectivity index (χ1v) is 8.22. The van der Waals surface area contributed by atoms with Crippen molar-refractivity contribution in [1.82, 2.24) is 0 Å². The van der Waals surface area contributed by atoms with E-state index in [9.17, 15) is 9.59 Å². The van der Waals surface area contributed by atoms with Crippen molar-refractivity contribution in [1.29, 1.82) is 0 Å². The number of benzene rings is 1. The summed E-state index contributed by atoms with van der Waals surface area (Å²) in [5.41, 5.74) is 0.925. The molecule has 0 saturated carbocycles. The molecule has 4 nitrogen and oxygen atoms in total. The van der Waals surface area contributed by atoms with Crippen LogP contribution in [0, 0.1) is 0 Å². The predicted molar refractivity (Wildman–Crippen MR) is 86.5 cm³/mol. The van der Waals surface area contributed by atoms with Gasteiger partial charge in [0.05, 0.1) is 12.7 Å². The summed E-state index contributed by atoms with van der Waals surface area (Å²) in [6.45, 7) is 2.08. The number of carbonyl (C=O) groups is 2. The number of hydrogen-bond donors (Lipinski definition) is 1. The molecule has 0 aliphatic carbocycles. The summed E-state index contributed by atoms with van der Waals surface area (Å²) >= 11 is 3.01. The van der Waals surface area contributed by atoms with Crippen LogP contribution in [-0.2, 0) is 4.74 Å². The van der Waals surface area contributed by atoms with Crippen LogP contribution in [0.2, 0.25) is 0 Å². The number of methoxy groups -OCH3 is 1. The fourth-order valence-electron chi connectivity index (χ4n) is 1.72. The molecule has 0 aliphatic heterocycles. The van der Waals surface area contributed by atoms with Gasteiger partial charge in [0.15, 0.2) is 0 Å². The first-order chi connectivity index (χ1) is 10.2. The molecule has 2 rings (SSSR count). The van der Waals surface area contributed by atoms with Gasteiger partial charge in [0, 0.05) is 10.5 Å². The number of esters is 1. The Kier molecular flexibility index (Phi) is 5.41. The smallest absolute Gasteiger partial charge is 0.340 e. The van der Waals surface area contributed by atoms with Gasteiger partial charge in [0.25, 0.3) is 5.91 Å². The van der Waals surface area contributed by atoms with Crippen molar-refractivity contribution >= 4 is 40.0 Å². The second kappa shape index (κ2) is 7.28. The lowest BCUT2D eigenvalue weighted by Crippen LogP contribution is -2.13. The van der Waals surface area contributed by atoms with E-state index in [2.05, 4.69) is 17.0 Å². The third kappa shape index (κ3) is 3.86. The maximum absolute atomic E-state index is 12.2. The molecule has 2 aromatic rings. The van der Waals surface area contributed by atoms with Gasteiger partial charge in [-0.25, -0.2) is 4.79 Å². The van der Waals surface area contributed by atoms with E-state index in [0.717, 1.165) is 10.6 Å². The molecule has 1 aromatic carbocycles. The van der Waals surface area contributed by atoms with E-state index in [1.165, 1.54) is 18.4 Å². The second-order valence-electron chi connectivity index (χ2n) is 4.07. The van der Waals surface area contributed by atoms with E-state index in [1.807, 2.05) is 12.1 Å². The van der Waals surface area contributed by atoms with E-state index in [0.29, 0.717) is 16.1 Å². The SMILES string of the molecule is CCSc1ccc(C(=O)Nc2sccc2C(=O)OC)cc1. The second-order valence-corrected chi connectivity index (χ2v) is 6.32. The van der Waals surface area contributed by atoms with Crippen LogP contribution >= 0.6 is 23.1 Å². The summed E-state index contributed by atoms with van der Waals surface area (Å²) in [6, 6.07) is 9.02. The highest BCUT2D eigenvalue weighted by Crippen LogP contribution is 2.25. The minimum atomic E-state index is -0.457. The lowest BCUT2D eigenvalue weighted by atomic mass is 10.2. The van der Waals surface area contributed by atoms with Gasteiger partial charge >= 0.3 is 5.97 Å². The number of thioether (sulfide) groups is 1. The largest absolute Gasteiger partial charge is 0.465 e. The molecule has 110 valence electrons. The first kappa shape index (κ1) is 15.6. The minimum absolute atomic E-state index is 0.240. The van der Waals surface area contributed by atoms with Gasteiger partial charge in [-0.1, -0.05) is 6.92 Å². The van der Waals surface area contributed by atoms with Crippen LogP contribution in [-0.4, -0.2) is 24.7 Å². The van der Waals surface area contributed by atoms with Crippen molar-refractivity contribution in [2.75, 3.05) is 18.2 Å². The van der Waals surface area contributed by atoms with E-state index in [4.69, 9.17) is 0 Å². The lowest BCUT2D eigenvalue weighted by molar-refractivity contribution is 0.0602. The molecule has 0 radical (unpaired) electrons. The summed E-state index contributed by atoms with van der Waals surface area (Å²) < 4.78 is 4.68. The Balaban J connectivity index is 2.11. The zero-order chi connectivity index (χ0) is 15.2. The Morgan fingerprint density at radius 1 is 1.24 bits per heavy atom. The molecule has 0 spiro atoms. The van der Waals surface area contributed by atoms with E-state index < -0.39 is 5.97 Å². The molecule has 0 fully saturated rings. The highest BCUT2D eigenvalue weighted by atomic mass is 32.2. The van der Waals surface area contributed by atoms with Crippen molar-refractivity contribution in [3.63, 3.8) is 0 Å². The number of anilines is 1. The fraction of sp³-hybridized carbons (Fsp3) is 0.200. The maximum Gasteiger partial charge on any atom is 0.340 e. The molecule has 1 N–H and O–H groups in total. The van der Waals surface area contributed by atoms with Gasteiger partial charge in [-0.05, 0) is 41.5 Å². The lowest BCUT2D eigenvalue weighted by Gasteiger charge is -2.06. The van der Waals surface area contributed by atoms with Crippen LogP contribution < -0.4 is 5.32 Å². The molecule has 0 unspecified atom stereocenters. The van der Waals surface area contributed by atoms with Crippen LogP contribution in [0.4, 0.5) is 5.00 Å². The van der Waals surface area contributed by atoms with Crippen LogP contribution in [0.5, 0.6) is 0 Å². The molecule has 0 bridgehead atoms. The summed E-state index contributed by atoms with van der Waals surface area (Å²) in [5.74, 6) is 0.292. The Morgan fingerprint density at radius 2 is 1.95 bits per heavy atom. The number of hydrogen-bond acceptors (Lipinski definition) is 5. The third-order valence-electron chi connectivity index (χ3n) is 2.73. The van der Waals surface area contributed by atoms with Gasteiger partial charge < -0.3 is 10.1 Å². The highest BCUT2D eigenvalue weighted by molar-refractivity contribution is 7.99. The number of thiophene rings is 1. The Bertz CT molecular complexity index is 635. The van der Waals surface area contributed by atoms with Gasteiger partial charge in [-0.3, -0.25) is 4.79 Å². The summed E-state index contributed by atoms with van der Waals surface area (Å²) in [4.78, 5) is 24.9. The fourth-order valence-corrected chi connectivity index (χ4v) is 3.15.